The molecular weight excluding hydrogens is 504 g/mol. The quantitative estimate of drug-likeness (QED) is 0.303. The maximum Gasteiger partial charge on any atom is 0.126 e. The Kier molecular flexibility index (Phi) is 9.13. The third-order valence-electron chi connectivity index (χ3n) is 7.59. The number of aromatic hydroxyl groups is 3. The summed E-state index contributed by atoms with van der Waals surface area (Å²) >= 11 is 0. The fraction of sp³-hybridized carbons (Fsp3) is 0.471. The summed E-state index contributed by atoms with van der Waals surface area (Å²) in [5.41, 5.74) is 7.11. The van der Waals surface area contributed by atoms with Gasteiger partial charge in [-0.05, 0) is 70.3 Å². The van der Waals surface area contributed by atoms with Gasteiger partial charge in [-0.25, -0.2) is 0 Å². The van der Waals surface area contributed by atoms with Crippen LogP contribution in [0.1, 0.15) is 110 Å². The van der Waals surface area contributed by atoms with Crippen LogP contribution >= 0.6 is 0 Å². The van der Waals surface area contributed by atoms with E-state index in [1.807, 2.05) is 36.4 Å². The Labute approximate surface area is 238 Å². The smallest absolute Gasteiger partial charge is 0.126 e. The Bertz CT molecular complexity index is 1260. The number of phenolic OH excluding ortho intramolecular Hbond substituents is 3. The van der Waals surface area contributed by atoms with Crippen LogP contribution in [0.2, 0.25) is 0 Å². The number of rotatable bonds is 2. The summed E-state index contributed by atoms with van der Waals surface area (Å²) < 4.78 is 18.2. The highest BCUT2D eigenvalue weighted by molar-refractivity contribution is 5.47. The minimum absolute atomic E-state index is 0.143. The molecule has 1 aliphatic heterocycles. The van der Waals surface area contributed by atoms with Gasteiger partial charge < -0.3 is 29.5 Å². The zero-order chi connectivity index (χ0) is 29.2. The van der Waals surface area contributed by atoms with Crippen molar-refractivity contribution in [3.8, 4) is 17.2 Å². The summed E-state index contributed by atoms with van der Waals surface area (Å²) in [7, 11) is 0. The molecule has 0 fully saturated rings. The molecule has 0 spiro atoms. The number of phenols is 3. The van der Waals surface area contributed by atoms with E-state index in [9.17, 15) is 15.3 Å². The third-order valence-corrected chi connectivity index (χ3v) is 7.59. The van der Waals surface area contributed by atoms with Crippen molar-refractivity contribution < 1.29 is 29.5 Å². The second-order valence-corrected chi connectivity index (χ2v) is 12.6. The van der Waals surface area contributed by atoms with Gasteiger partial charge in [-0.2, -0.15) is 0 Å². The molecule has 0 amide bonds. The van der Waals surface area contributed by atoms with Gasteiger partial charge in [0, 0.05) is 33.4 Å². The monoisotopic (exact) mass is 548 g/mol. The van der Waals surface area contributed by atoms with Crippen LogP contribution in [0.5, 0.6) is 17.2 Å². The minimum Gasteiger partial charge on any atom is -0.507 e. The average molecular weight is 549 g/mol. The van der Waals surface area contributed by atoms with Gasteiger partial charge in [0.1, 0.15) is 17.2 Å². The SMILES string of the molecule is CC(C)c1cc2c(O)c(c1)COCc1cc(C(C)(C)C)cc(c1O)COCc1cc(C(C)C)cc(c1O)COC2. The second-order valence-electron chi connectivity index (χ2n) is 12.6. The first kappa shape index (κ1) is 29.9. The average Bonchev–Trinajstić information content (AvgIpc) is 2.87. The van der Waals surface area contributed by atoms with Crippen molar-refractivity contribution in [2.45, 2.75) is 105 Å². The van der Waals surface area contributed by atoms with Gasteiger partial charge in [-0.1, -0.05) is 48.5 Å². The van der Waals surface area contributed by atoms with Crippen molar-refractivity contribution in [3.05, 3.63) is 86.5 Å². The lowest BCUT2D eigenvalue weighted by atomic mass is 9.85. The lowest BCUT2D eigenvalue weighted by Gasteiger charge is -2.23. The normalized spacial score (nSPS) is 15.2. The van der Waals surface area contributed by atoms with Crippen molar-refractivity contribution in [1.29, 1.82) is 0 Å². The van der Waals surface area contributed by atoms with Gasteiger partial charge in [0.15, 0.2) is 0 Å². The Hall–Kier alpha value is -3.06. The molecule has 40 heavy (non-hydrogen) atoms. The van der Waals surface area contributed by atoms with Crippen molar-refractivity contribution in [3.63, 3.8) is 0 Å². The predicted molar refractivity (Wildman–Crippen MR) is 157 cm³/mol. The first-order chi connectivity index (χ1) is 18.8. The van der Waals surface area contributed by atoms with E-state index in [4.69, 9.17) is 14.2 Å². The molecule has 0 aromatic heterocycles. The van der Waals surface area contributed by atoms with E-state index < -0.39 is 0 Å². The number of benzene rings is 3. The Morgan fingerprint density at radius 3 is 0.975 bits per heavy atom. The van der Waals surface area contributed by atoms with Crippen molar-refractivity contribution in [1.82, 2.24) is 0 Å². The third kappa shape index (κ3) is 6.80. The van der Waals surface area contributed by atoms with Crippen LogP contribution in [0.3, 0.4) is 0 Å². The number of ether oxygens (including phenoxy) is 3. The molecule has 216 valence electrons. The van der Waals surface area contributed by atoms with Gasteiger partial charge >= 0.3 is 0 Å². The van der Waals surface area contributed by atoms with Gasteiger partial charge in [-0.3, -0.25) is 0 Å². The molecule has 3 aromatic carbocycles. The molecule has 6 nitrogen and oxygen atoms in total. The van der Waals surface area contributed by atoms with Gasteiger partial charge in [0.2, 0.25) is 0 Å². The van der Waals surface area contributed by atoms with Crippen LogP contribution in [0.25, 0.3) is 0 Å². The molecular formula is C34H44O6. The Morgan fingerprint density at radius 1 is 0.500 bits per heavy atom. The van der Waals surface area contributed by atoms with E-state index in [2.05, 4.69) is 48.5 Å². The second kappa shape index (κ2) is 12.2. The fourth-order valence-corrected chi connectivity index (χ4v) is 4.91. The largest absolute Gasteiger partial charge is 0.507 e. The van der Waals surface area contributed by atoms with E-state index in [0.29, 0.717) is 33.4 Å². The topological polar surface area (TPSA) is 88.4 Å². The first-order valence-corrected chi connectivity index (χ1v) is 14.1. The Morgan fingerprint density at radius 2 is 0.750 bits per heavy atom. The van der Waals surface area contributed by atoms with Crippen LogP contribution in [-0.2, 0) is 59.3 Å². The van der Waals surface area contributed by atoms with Crippen LogP contribution in [0.15, 0.2) is 36.4 Å². The van der Waals surface area contributed by atoms with Crippen molar-refractivity contribution in [2.75, 3.05) is 0 Å². The molecule has 4 rings (SSSR count). The summed E-state index contributed by atoms with van der Waals surface area (Å²) in [6.45, 7) is 15.9. The first-order valence-electron chi connectivity index (χ1n) is 14.1. The predicted octanol–water partition coefficient (Wildman–Crippen LogP) is 7.81. The number of fused-ring (bicyclic) bond motifs is 6. The molecule has 3 N–H and O–H groups in total. The summed E-state index contributed by atoms with van der Waals surface area (Å²) in [5, 5.41) is 33.4. The summed E-state index contributed by atoms with van der Waals surface area (Å²) in [5.74, 6) is 0.936. The van der Waals surface area contributed by atoms with E-state index in [-0.39, 0.29) is 74.1 Å². The van der Waals surface area contributed by atoms with Crippen LogP contribution in [0, 0.1) is 0 Å². The highest BCUT2D eigenvalue weighted by Gasteiger charge is 2.21. The molecule has 0 radical (unpaired) electrons. The lowest BCUT2D eigenvalue weighted by molar-refractivity contribution is 0.0929. The highest BCUT2D eigenvalue weighted by Crippen LogP contribution is 2.35. The molecule has 0 atom stereocenters. The molecule has 3 aromatic rings. The molecule has 0 unspecified atom stereocenters. The van der Waals surface area contributed by atoms with Crippen LogP contribution in [0.4, 0.5) is 0 Å². The van der Waals surface area contributed by atoms with E-state index in [1.54, 1.807) is 0 Å². The summed E-state index contributed by atoms with van der Waals surface area (Å²) in [6.07, 6.45) is 0. The summed E-state index contributed by atoms with van der Waals surface area (Å²) in [4.78, 5) is 0. The zero-order valence-corrected chi connectivity index (χ0v) is 24.9. The maximum absolute atomic E-state index is 11.2. The van der Waals surface area contributed by atoms with E-state index >= 15 is 0 Å². The highest BCUT2D eigenvalue weighted by atomic mass is 16.5. The standard InChI is InChI=1S/C34H44O6/c1-20(2)22-8-24-14-38-15-25-9-23(21(3)4)11-27(32(25)36)17-40-19-29-13-30(34(5,6)7)12-28(33(29)37)18-39-16-26(10-22)31(24)35/h8-13,20-21,35-37H,14-19H2,1-7H3. The molecule has 1 aliphatic rings. The number of hydrogen-bond donors (Lipinski definition) is 3. The summed E-state index contributed by atoms with van der Waals surface area (Å²) in [6, 6.07) is 11.8. The zero-order valence-electron chi connectivity index (χ0n) is 24.9. The Balaban J connectivity index is 1.80. The van der Waals surface area contributed by atoms with E-state index in [0.717, 1.165) is 16.7 Å². The molecule has 6 heteroatoms. The van der Waals surface area contributed by atoms with Gasteiger partial charge in [0.05, 0.1) is 39.6 Å². The molecule has 0 aliphatic carbocycles. The van der Waals surface area contributed by atoms with Gasteiger partial charge in [0.25, 0.3) is 0 Å². The lowest BCUT2D eigenvalue weighted by Crippen LogP contribution is -2.13. The van der Waals surface area contributed by atoms with Crippen LogP contribution < -0.4 is 0 Å². The van der Waals surface area contributed by atoms with Crippen molar-refractivity contribution >= 4 is 0 Å². The van der Waals surface area contributed by atoms with Crippen molar-refractivity contribution in [2.24, 2.45) is 0 Å². The number of hydrogen-bond acceptors (Lipinski definition) is 6. The molecule has 6 bridgehead atoms. The maximum atomic E-state index is 11.2. The van der Waals surface area contributed by atoms with E-state index in [1.165, 1.54) is 0 Å². The molecule has 0 saturated heterocycles. The minimum atomic E-state index is -0.147. The molecule has 1 heterocycles. The molecule has 0 saturated carbocycles. The fourth-order valence-electron chi connectivity index (χ4n) is 4.91. The van der Waals surface area contributed by atoms with Gasteiger partial charge in [-0.15, -0.1) is 0 Å². The van der Waals surface area contributed by atoms with Crippen LogP contribution in [-0.4, -0.2) is 15.3 Å².